The Bertz CT molecular complexity index is 1290. The molecule has 0 spiro atoms. The number of para-hydroxylation sites is 1. The molecule has 2 aromatic carbocycles. The number of alkyl halides is 1. The topological polar surface area (TPSA) is 99.2 Å². The Hall–Kier alpha value is -3.24. The zero-order valence-corrected chi connectivity index (χ0v) is 22.7. The van der Waals surface area contributed by atoms with Crippen LogP contribution in [0.25, 0.3) is 0 Å². The van der Waals surface area contributed by atoms with Gasteiger partial charge in [-0.25, -0.2) is 13.6 Å². The number of urea groups is 1. The molecule has 3 aliphatic rings. The number of carbonyl (C=O) groups excluding carboxylic acids is 2. The summed E-state index contributed by atoms with van der Waals surface area (Å²) in [5, 5.41) is 11.9. The number of nitrogens with one attached hydrogen (secondary N) is 1. The van der Waals surface area contributed by atoms with E-state index in [4.69, 9.17) is 21.4 Å². The first-order valence-electron chi connectivity index (χ1n) is 13.6. The molecular formula is C29H32ClF2N3O5. The maximum Gasteiger partial charge on any atom is 0.326 e. The lowest BCUT2D eigenvalue weighted by Gasteiger charge is -2.30. The van der Waals surface area contributed by atoms with Crippen molar-refractivity contribution in [3.63, 3.8) is 0 Å². The standard InChI is InChI=1S/C29H32ClF2N3O5/c30-23-11-19(24(32)14-25(23)33-29(39)34-10-9-17-3-1-2-4-26(17)34)12-27(36)35-15-20(31)13-21(35)16-40-22-7-5-18(6-8-22)28(37)38/h1-4,11,14,18,20-22H,5-10,12-13,15-16H2,(H,33,39)(H,37,38)/t18?,20-,21-,22?/m0/s1. The van der Waals surface area contributed by atoms with Crippen LogP contribution in [0.1, 0.15) is 43.2 Å². The van der Waals surface area contributed by atoms with Gasteiger partial charge >= 0.3 is 12.0 Å². The summed E-state index contributed by atoms with van der Waals surface area (Å²) in [4.78, 5) is 40.1. The van der Waals surface area contributed by atoms with Crippen LogP contribution in [0.2, 0.25) is 5.02 Å². The molecule has 0 unspecified atom stereocenters. The maximum atomic E-state index is 15.1. The number of anilines is 2. The van der Waals surface area contributed by atoms with E-state index >= 15 is 4.39 Å². The Morgan fingerprint density at radius 3 is 2.62 bits per heavy atom. The summed E-state index contributed by atoms with van der Waals surface area (Å²) in [6.45, 7) is 0.541. The third kappa shape index (κ3) is 6.23. The van der Waals surface area contributed by atoms with Gasteiger partial charge < -0.3 is 20.1 Å². The molecule has 214 valence electrons. The third-order valence-electron chi connectivity index (χ3n) is 8.08. The number of carbonyl (C=O) groups is 3. The molecule has 2 heterocycles. The molecule has 40 heavy (non-hydrogen) atoms. The minimum absolute atomic E-state index is 0.0495. The van der Waals surface area contributed by atoms with Crippen LogP contribution in [0, 0.1) is 11.7 Å². The fourth-order valence-electron chi connectivity index (χ4n) is 5.86. The lowest BCUT2D eigenvalue weighted by Crippen LogP contribution is -2.40. The predicted molar refractivity (Wildman–Crippen MR) is 146 cm³/mol. The molecule has 1 aliphatic carbocycles. The average Bonchev–Trinajstić information content (AvgIpc) is 3.54. The number of carboxylic acid groups (broad SMARTS) is 1. The second-order valence-electron chi connectivity index (χ2n) is 10.7. The summed E-state index contributed by atoms with van der Waals surface area (Å²) in [7, 11) is 0. The van der Waals surface area contributed by atoms with Crippen molar-refractivity contribution >= 4 is 40.9 Å². The number of carboxylic acids is 1. The van der Waals surface area contributed by atoms with Crippen molar-refractivity contribution in [2.45, 2.75) is 63.3 Å². The number of aliphatic carboxylic acids is 1. The minimum Gasteiger partial charge on any atom is -0.481 e. The van der Waals surface area contributed by atoms with Crippen molar-refractivity contribution in [2.24, 2.45) is 5.92 Å². The summed E-state index contributed by atoms with van der Waals surface area (Å²) in [5.41, 5.74) is 1.99. The Balaban J connectivity index is 1.18. The number of likely N-dealkylation sites (tertiary alicyclic amines) is 1. The number of hydrogen-bond donors (Lipinski definition) is 2. The van der Waals surface area contributed by atoms with E-state index in [1.54, 1.807) is 4.90 Å². The highest BCUT2D eigenvalue weighted by molar-refractivity contribution is 6.34. The molecule has 0 aromatic heterocycles. The average molecular weight is 576 g/mol. The van der Waals surface area contributed by atoms with Gasteiger partial charge in [0.05, 0.1) is 48.3 Å². The van der Waals surface area contributed by atoms with Gasteiger partial charge in [0.25, 0.3) is 0 Å². The molecule has 2 fully saturated rings. The second kappa shape index (κ2) is 12.1. The Kier molecular flexibility index (Phi) is 8.56. The molecule has 8 nitrogen and oxygen atoms in total. The first-order valence-corrected chi connectivity index (χ1v) is 14.0. The highest BCUT2D eigenvalue weighted by Gasteiger charge is 2.37. The van der Waals surface area contributed by atoms with Crippen LogP contribution in [0.5, 0.6) is 0 Å². The quantitative estimate of drug-likeness (QED) is 0.472. The maximum absolute atomic E-state index is 15.1. The molecule has 3 amide bonds. The molecule has 0 radical (unpaired) electrons. The summed E-state index contributed by atoms with van der Waals surface area (Å²) in [5.74, 6) is -2.30. The van der Waals surface area contributed by atoms with Crippen molar-refractivity contribution < 1.29 is 33.0 Å². The van der Waals surface area contributed by atoms with Crippen molar-refractivity contribution in [1.82, 2.24) is 4.90 Å². The molecule has 1 saturated carbocycles. The molecule has 11 heteroatoms. The first kappa shape index (κ1) is 28.3. The number of amides is 3. The van der Waals surface area contributed by atoms with Gasteiger partial charge in [-0.3, -0.25) is 14.5 Å². The van der Waals surface area contributed by atoms with E-state index < -0.39 is 35.9 Å². The van der Waals surface area contributed by atoms with Crippen molar-refractivity contribution in [3.05, 3.63) is 58.4 Å². The largest absolute Gasteiger partial charge is 0.481 e. The number of fused-ring (bicyclic) bond motifs is 1. The molecule has 2 aliphatic heterocycles. The molecule has 0 bridgehead atoms. The number of rotatable bonds is 7. The number of nitrogens with zero attached hydrogens (tertiary/aromatic N) is 2. The van der Waals surface area contributed by atoms with Crippen molar-refractivity contribution in [3.8, 4) is 0 Å². The van der Waals surface area contributed by atoms with E-state index in [1.807, 2.05) is 24.3 Å². The van der Waals surface area contributed by atoms with E-state index in [0.29, 0.717) is 32.2 Å². The zero-order chi connectivity index (χ0) is 28.4. The fraction of sp³-hybridized carbons (Fsp3) is 0.483. The number of benzene rings is 2. The van der Waals surface area contributed by atoms with Gasteiger partial charge in [-0.05, 0) is 61.4 Å². The fourth-order valence-corrected chi connectivity index (χ4v) is 6.10. The Morgan fingerprint density at radius 1 is 1.12 bits per heavy atom. The monoisotopic (exact) mass is 575 g/mol. The van der Waals surface area contributed by atoms with Crippen LogP contribution in [0.15, 0.2) is 36.4 Å². The Labute approximate surface area is 236 Å². The van der Waals surface area contributed by atoms with E-state index in [0.717, 1.165) is 23.7 Å². The van der Waals surface area contributed by atoms with Gasteiger partial charge in [-0.1, -0.05) is 29.8 Å². The van der Waals surface area contributed by atoms with Gasteiger partial charge in [0.2, 0.25) is 5.91 Å². The van der Waals surface area contributed by atoms with E-state index in [9.17, 15) is 18.8 Å². The van der Waals surface area contributed by atoms with Crippen LogP contribution >= 0.6 is 11.6 Å². The van der Waals surface area contributed by atoms with Crippen LogP contribution in [0.4, 0.5) is 25.0 Å². The number of halogens is 3. The lowest BCUT2D eigenvalue weighted by atomic mass is 9.87. The molecule has 1 saturated heterocycles. The summed E-state index contributed by atoms with van der Waals surface area (Å²) < 4.78 is 35.3. The summed E-state index contributed by atoms with van der Waals surface area (Å²) >= 11 is 6.37. The summed E-state index contributed by atoms with van der Waals surface area (Å²) in [6, 6.07) is 9.06. The molecule has 2 N–H and O–H groups in total. The Morgan fingerprint density at radius 2 is 1.88 bits per heavy atom. The van der Waals surface area contributed by atoms with E-state index in [-0.39, 0.29) is 54.3 Å². The van der Waals surface area contributed by atoms with Gasteiger partial charge in [0.15, 0.2) is 0 Å². The number of ether oxygens (including phenoxy) is 1. The first-order chi connectivity index (χ1) is 19.2. The minimum atomic E-state index is -1.21. The molecular weight excluding hydrogens is 544 g/mol. The molecule has 2 atom stereocenters. The van der Waals surface area contributed by atoms with E-state index in [1.165, 1.54) is 11.0 Å². The smallest absolute Gasteiger partial charge is 0.326 e. The van der Waals surface area contributed by atoms with Gasteiger partial charge in [-0.2, -0.15) is 0 Å². The van der Waals surface area contributed by atoms with Crippen LogP contribution < -0.4 is 10.2 Å². The van der Waals surface area contributed by atoms with Gasteiger partial charge in [0.1, 0.15) is 12.0 Å². The lowest BCUT2D eigenvalue weighted by molar-refractivity contribution is -0.144. The van der Waals surface area contributed by atoms with Crippen LogP contribution in [-0.4, -0.2) is 65.9 Å². The zero-order valence-electron chi connectivity index (χ0n) is 22.0. The number of hydrogen-bond acceptors (Lipinski definition) is 4. The van der Waals surface area contributed by atoms with E-state index in [2.05, 4.69) is 5.32 Å². The van der Waals surface area contributed by atoms with Gasteiger partial charge in [-0.15, -0.1) is 0 Å². The predicted octanol–water partition coefficient (Wildman–Crippen LogP) is 5.22. The van der Waals surface area contributed by atoms with Crippen molar-refractivity contribution in [2.75, 3.05) is 29.9 Å². The van der Waals surface area contributed by atoms with Crippen molar-refractivity contribution in [1.29, 1.82) is 0 Å². The summed E-state index contributed by atoms with van der Waals surface area (Å²) in [6.07, 6.45) is 1.47. The van der Waals surface area contributed by atoms with Gasteiger partial charge in [0, 0.05) is 18.7 Å². The van der Waals surface area contributed by atoms with Crippen LogP contribution in [0.3, 0.4) is 0 Å². The normalized spacial score (nSPS) is 24.2. The SMILES string of the molecule is O=C(O)C1CCC(OC[C@@H]2C[C@H](F)CN2C(=O)Cc2cc(Cl)c(NC(=O)N3CCc4ccccc43)cc2F)CC1. The highest BCUT2D eigenvalue weighted by atomic mass is 35.5. The third-order valence-corrected chi connectivity index (χ3v) is 8.40. The van der Waals surface area contributed by atoms with Crippen LogP contribution in [-0.2, 0) is 27.2 Å². The second-order valence-corrected chi connectivity index (χ2v) is 11.1. The molecule has 2 aromatic rings. The molecule has 5 rings (SSSR count). The highest BCUT2D eigenvalue weighted by Crippen LogP contribution is 2.32.